The minimum atomic E-state index is -0.759. The Hall–Kier alpha value is -2.82. The summed E-state index contributed by atoms with van der Waals surface area (Å²) in [5.74, 6) is -1.55. The van der Waals surface area contributed by atoms with E-state index in [0.717, 1.165) is 4.68 Å². The van der Waals surface area contributed by atoms with Crippen molar-refractivity contribution in [3.05, 3.63) is 44.7 Å². The van der Waals surface area contributed by atoms with E-state index in [2.05, 4.69) is 36.1 Å². The number of carbonyl (C=O) groups excluding carboxylic acids is 2. The molecule has 0 fully saturated rings. The molecule has 1 aromatic carbocycles. The van der Waals surface area contributed by atoms with Gasteiger partial charge in [-0.1, -0.05) is 0 Å². The lowest BCUT2D eigenvalue weighted by molar-refractivity contribution is -0.394. The molecular weight excluding hydrogens is 374 g/mol. The number of esters is 1. The second kappa shape index (κ2) is 6.96. The molecule has 0 aliphatic heterocycles. The molecule has 1 amide bonds. The molecule has 0 unspecified atom stereocenters. The van der Waals surface area contributed by atoms with Crippen LogP contribution < -0.4 is 5.32 Å². The summed E-state index contributed by atoms with van der Waals surface area (Å²) in [5, 5.41) is 16.7. The van der Waals surface area contributed by atoms with Crippen LogP contribution in [-0.2, 0) is 16.1 Å². The number of hydrogen-bond acceptors (Lipinski definition) is 7. The molecule has 2 rings (SSSR count). The standard InChI is InChI=1S/C12H10BrN5O5/c1-23-10(20)7-2-4-8(5-3-7)14-9(19)6-17-11(13)15-12(16-17)18(21)22/h2-5H,6H2,1H3,(H,14,19). The van der Waals surface area contributed by atoms with E-state index in [1.807, 2.05) is 0 Å². The van der Waals surface area contributed by atoms with Gasteiger partial charge >= 0.3 is 11.9 Å². The predicted octanol–water partition coefficient (Wildman–Crippen LogP) is 1.37. The van der Waals surface area contributed by atoms with Gasteiger partial charge in [-0.15, -0.1) is 0 Å². The molecule has 0 saturated heterocycles. The van der Waals surface area contributed by atoms with Crippen LogP contribution in [0.2, 0.25) is 0 Å². The molecule has 0 radical (unpaired) electrons. The molecule has 0 atom stereocenters. The monoisotopic (exact) mass is 383 g/mol. The summed E-state index contributed by atoms with van der Waals surface area (Å²) in [6.07, 6.45) is 0. The van der Waals surface area contributed by atoms with Crippen molar-refractivity contribution >= 4 is 39.4 Å². The van der Waals surface area contributed by atoms with Crippen molar-refractivity contribution in [2.24, 2.45) is 0 Å². The van der Waals surface area contributed by atoms with E-state index in [-0.39, 0.29) is 11.3 Å². The Morgan fingerprint density at radius 3 is 2.57 bits per heavy atom. The van der Waals surface area contributed by atoms with E-state index >= 15 is 0 Å². The van der Waals surface area contributed by atoms with Crippen LogP contribution in [-0.4, -0.2) is 38.7 Å². The topological polar surface area (TPSA) is 129 Å². The minimum absolute atomic E-state index is 0.0698. The number of rotatable bonds is 5. The number of ether oxygens (including phenoxy) is 1. The average molecular weight is 384 g/mol. The quantitative estimate of drug-likeness (QED) is 0.468. The number of anilines is 1. The Morgan fingerprint density at radius 2 is 2.04 bits per heavy atom. The number of methoxy groups -OCH3 is 1. The number of hydrogen-bond donors (Lipinski definition) is 1. The molecule has 11 heteroatoms. The smallest absolute Gasteiger partial charge is 0.465 e. The van der Waals surface area contributed by atoms with Gasteiger partial charge in [0.15, 0.2) is 0 Å². The lowest BCUT2D eigenvalue weighted by atomic mass is 10.2. The van der Waals surface area contributed by atoms with E-state index in [9.17, 15) is 19.7 Å². The number of nitrogens with one attached hydrogen (secondary N) is 1. The lowest BCUT2D eigenvalue weighted by Gasteiger charge is -2.05. The zero-order valence-electron chi connectivity index (χ0n) is 11.7. The molecule has 0 spiro atoms. The van der Waals surface area contributed by atoms with Crippen LogP contribution in [0.15, 0.2) is 29.0 Å². The Kier molecular flexibility index (Phi) is 5.01. The third kappa shape index (κ3) is 4.10. The van der Waals surface area contributed by atoms with Crippen molar-refractivity contribution in [2.45, 2.75) is 6.54 Å². The molecule has 23 heavy (non-hydrogen) atoms. The third-order valence-corrected chi connectivity index (χ3v) is 3.25. The first-order chi connectivity index (χ1) is 10.9. The largest absolute Gasteiger partial charge is 0.492 e. The van der Waals surface area contributed by atoms with Crippen LogP contribution in [0.1, 0.15) is 10.4 Å². The number of nitro groups is 1. The average Bonchev–Trinajstić information content (AvgIpc) is 2.88. The summed E-state index contributed by atoms with van der Waals surface area (Å²) >= 11 is 2.99. The number of amides is 1. The van der Waals surface area contributed by atoms with E-state index in [1.165, 1.54) is 31.4 Å². The van der Waals surface area contributed by atoms with Crippen molar-refractivity contribution < 1.29 is 19.2 Å². The Morgan fingerprint density at radius 1 is 1.39 bits per heavy atom. The minimum Gasteiger partial charge on any atom is -0.465 e. The normalized spacial score (nSPS) is 10.2. The second-order valence-corrected chi connectivity index (χ2v) is 4.92. The third-order valence-electron chi connectivity index (χ3n) is 2.66. The number of carbonyl (C=O) groups is 2. The van der Waals surface area contributed by atoms with E-state index in [0.29, 0.717) is 11.3 Å². The van der Waals surface area contributed by atoms with Gasteiger partial charge in [-0.25, -0.2) is 4.79 Å². The van der Waals surface area contributed by atoms with Gasteiger partial charge in [-0.3, -0.25) is 4.79 Å². The van der Waals surface area contributed by atoms with Crippen molar-refractivity contribution in [1.82, 2.24) is 14.8 Å². The highest BCUT2D eigenvalue weighted by Gasteiger charge is 2.21. The zero-order chi connectivity index (χ0) is 17.0. The van der Waals surface area contributed by atoms with Gasteiger partial charge in [-0.05, 0) is 34.2 Å². The summed E-state index contributed by atoms with van der Waals surface area (Å²) in [4.78, 5) is 36.6. The Balaban J connectivity index is 2.02. The molecule has 10 nitrogen and oxygen atoms in total. The van der Waals surface area contributed by atoms with Crippen molar-refractivity contribution in [2.75, 3.05) is 12.4 Å². The molecule has 1 N–H and O–H groups in total. The van der Waals surface area contributed by atoms with Crippen LogP contribution in [0, 0.1) is 10.1 Å². The molecule has 0 aliphatic carbocycles. The maximum atomic E-state index is 11.9. The van der Waals surface area contributed by atoms with Crippen LogP contribution >= 0.6 is 15.9 Å². The van der Waals surface area contributed by atoms with Gasteiger partial charge in [0, 0.05) is 26.7 Å². The van der Waals surface area contributed by atoms with Gasteiger partial charge in [0.05, 0.1) is 12.7 Å². The highest BCUT2D eigenvalue weighted by Crippen LogP contribution is 2.13. The lowest BCUT2D eigenvalue weighted by Crippen LogP contribution is -2.19. The van der Waals surface area contributed by atoms with Crippen LogP contribution in [0.25, 0.3) is 0 Å². The first-order valence-electron chi connectivity index (χ1n) is 6.13. The fourth-order valence-corrected chi connectivity index (χ4v) is 2.00. The van der Waals surface area contributed by atoms with Crippen LogP contribution in [0.4, 0.5) is 11.6 Å². The molecule has 2 aromatic rings. The van der Waals surface area contributed by atoms with E-state index in [1.54, 1.807) is 0 Å². The van der Waals surface area contributed by atoms with Gasteiger partial charge in [-0.2, -0.15) is 4.68 Å². The predicted molar refractivity (Wildman–Crippen MR) is 80.8 cm³/mol. The fraction of sp³-hybridized carbons (Fsp3) is 0.167. The first-order valence-corrected chi connectivity index (χ1v) is 6.93. The number of halogens is 1. The van der Waals surface area contributed by atoms with Crippen LogP contribution in [0.3, 0.4) is 0 Å². The molecular formula is C12H10BrN5O5. The Bertz CT molecular complexity index is 758. The van der Waals surface area contributed by atoms with Gasteiger partial charge in [0.1, 0.15) is 6.54 Å². The number of aromatic nitrogens is 3. The van der Waals surface area contributed by atoms with Gasteiger partial charge in [0.25, 0.3) is 4.73 Å². The molecule has 0 aliphatic rings. The summed E-state index contributed by atoms with van der Waals surface area (Å²) in [6.45, 7) is -0.264. The molecule has 0 bridgehead atoms. The maximum absolute atomic E-state index is 11.9. The number of nitrogens with zero attached hydrogens (tertiary/aromatic N) is 4. The van der Waals surface area contributed by atoms with Crippen LogP contribution in [0.5, 0.6) is 0 Å². The van der Waals surface area contributed by atoms with Gasteiger partial charge in [0.2, 0.25) is 5.91 Å². The second-order valence-electron chi connectivity index (χ2n) is 4.21. The maximum Gasteiger partial charge on any atom is 0.492 e. The molecule has 1 aromatic heterocycles. The molecule has 120 valence electrons. The summed E-state index contributed by atoms with van der Waals surface area (Å²) in [5.41, 5.74) is 0.800. The first kappa shape index (κ1) is 16.5. The molecule has 1 heterocycles. The van der Waals surface area contributed by atoms with E-state index in [4.69, 9.17) is 0 Å². The van der Waals surface area contributed by atoms with Gasteiger partial charge < -0.3 is 20.2 Å². The SMILES string of the molecule is COC(=O)c1ccc(NC(=O)Cn2nc([N+](=O)[O-])nc2Br)cc1. The highest BCUT2D eigenvalue weighted by molar-refractivity contribution is 9.10. The number of benzene rings is 1. The summed E-state index contributed by atoms with van der Waals surface area (Å²) < 4.78 is 5.69. The van der Waals surface area contributed by atoms with E-state index < -0.39 is 22.7 Å². The molecule has 0 saturated carbocycles. The summed E-state index contributed by atoms with van der Waals surface area (Å²) in [7, 11) is 1.27. The Labute approximate surface area is 137 Å². The van der Waals surface area contributed by atoms with Crippen molar-refractivity contribution in [3.8, 4) is 0 Å². The van der Waals surface area contributed by atoms with Crippen molar-refractivity contribution in [1.29, 1.82) is 0 Å². The highest BCUT2D eigenvalue weighted by atomic mass is 79.9. The summed E-state index contributed by atoms with van der Waals surface area (Å²) in [6, 6.07) is 6.06. The zero-order valence-corrected chi connectivity index (χ0v) is 13.3. The fourth-order valence-electron chi connectivity index (χ4n) is 1.63. The van der Waals surface area contributed by atoms with Crippen molar-refractivity contribution in [3.63, 3.8) is 0 Å².